The lowest BCUT2D eigenvalue weighted by Crippen LogP contribution is -2.13. The fourth-order valence-corrected chi connectivity index (χ4v) is 2.38. The summed E-state index contributed by atoms with van der Waals surface area (Å²) in [6.45, 7) is 1.92. The highest BCUT2D eigenvalue weighted by Crippen LogP contribution is 2.26. The molecule has 3 aromatic rings. The van der Waals surface area contributed by atoms with Crippen LogP contribution in [0.1, 0.15) is 15.9 Å². The highest BCUT2D eigenvalue weighted by Gasteiger charge is 2.14. The number of benzene rings is 2. The second kappa shape index (κ2) is 6.08. The summed E-state index contributed by atoms with van der Waals surface area (Å²) in [4.78, 5) is 12.5. The number of rotatable bonds is 3. The highest BCUT2D eigenvalue weighted by molar-refractivity contribution is 6.31. The lowest BCUT2D eigenvalue weighted by Gasteiger charge is -2.09. The van der Waals surface area contributed by atoms with Crippen molar-refractivity contribution in [1.82, 2.24) is 0 Å². The van der Waals surface area contributed by atoms with Crippen LogP contribution in [0.3, 0.4) is 0 Å². The van der Waals surface area contributed by atoms with Gasteiger partial charge in [0.25, 0.3) is 5.91 Å². The van der Waals surface area contributed by atoms with Crippen molar-refractivity contribution in [3.8, 4) is 11.3 Å². The molecule has 0 aliphatic heterocycles. The normalized spacial score (nSPS) is 10.5. The number of furan rings is 1. The smallest absolute Gasteiger partial charge is 0.256 e. The number of hydrogen-bond acceptors (Lipinski definition) is 2. The first-order valence-electron chi connectivity index (χ1n) is 6.85. The quantitative estimate of drug-likeness (QED) is 0.726. The molecule has 3 nitrogen and oxygen atoms in total. The Kier molecular flexibility index (Phi) is 3.98. The van der Waals surface area contributed by atoms with Gasteiger partial charge in [-0.2, -0.15) is 0 Å². The Balaban J connectivity index is 1.91. The van der Waals surface area contributed by atoms with E-state index in [2.05, 4.69) is 5.32 Å². The Bertz CT molecular complexity index is 810. The first-order chi connectivity index (χ1) is 10.6. The molecule has 1 heterocycles. The van der Waals surface area contributed by atoms with Gasteiger partial charge in [0.05, 0.1) is 11.8 Å². The Morgan fingerprint density at radius 2 is 1.91 bits per heavy atom. The van der Waals surface area contributed by atoms with Crippen LogP contribution < -0.4 is 5.32 Å². The van der Waals surface area contributed by atoms with Crippen LogP contribution in [0, 0.1) is 6.92 Å². The van der Waals surface area contributed by atoms with Gasteiger partial charge in [0.15, 0.2) is 0 Å². The van der Waals surface area contributed by atoms with E-state index in [1.165, 1.54) is 0 Å². The highest BCUT2D eigenvalue weighted by atomic mass is 35.5. The summed E-state index contributed by atoms with van der Waals surface area (Å²) in [6.07, 6.45) is 1.59. The second-order valence-corrected chi connectivity index (χ2v) is 5.35. The average Bonchev–Trinajstić information content (AvgIpc) is 3.05. The van der Waals surface area contributed by atoms with Gasteiger partial charge in [-0.15, -0.1) is 0 Å². The lowest BCUT2D eigenvalue weighted by atomic mass is 10.0. The Labute approximate surface area is 133 Å². The van der Waals surface area contributed by atoms with Crippen LogP contribution in [0.25, 0.3) is 11.3 Å². The molecule has 0 unspecified atom stereocenters. The Morgan fingerprint density at radius 3 is 2.64 bits per heavy atom. The van der Waals surface area contributed by atoms with E-state index in [4.69, 9.17) is 16.0 Å². The average molecular weight is 312 g/mol. The van der Waals surface area contributed by atoms with E-state index in [9.17, 15) is 4.79 Å². The fraction of sp³-hybridized carbons (Fsp3) is 0.0556. The molecule has 0 radical (unpaired) electrons. The number of hydrogen-bond donors (Lipinski definition) is 1. The van der Waals surface area contributed by atoms with Crippen molar-refractivity contribution in [3.63, 3.8) is 0 Å². The van der Waals surface area contributed by atoms with E-state index < -0.39 is 0 Å². The van der Waals surface area contributed by atoms with E-state index in [1.807, 2.05) is 43.3 Å². The summed E-state index contributed by atoms with van der Waals surface area (Å²) < 4.78 is 5.39. The van der Waals surface area contributed by atoms with Gasteiger partial charge in [-0.3, -0.25) is 4.79 Å². The molecular formula is C18H14ClNO2. The topological polar surface area (TPSA) is 42.2 Å². The third-order valence-corrected chi connectivity index (χ3v) is 3.80. The number of carbonyl (C=O) groups excluding carboxylic acids is 1. The predicted molar refractivity (Wildman–Crippen MR) is 88.3 cm³/mol. The van der Waals surface area contributed by atoms with E-state index in [1.54, 1.807) is 24.5 Å². The van der Waals surface area contributed by atoms with Gasteiger partial charge in [0.2, 0.25) is 0 Å². The summed E-state index contributed by atoms with van der Waals surface area (Å²) in [7, 11) is 0. The molecule has 1 N–H and O–H groups in total. The second-order valence-electron chi connectivity index (χ2n) is 4.94. The van der Waals surface area contributed by atoms with Crippen molar-refractivity contribution in [2.75, 3.05) is 5.32 Å². The van der Waals surface area contributed by atoms with Gasteiger partial charge in [0, 0.05) is 16.3 Å². The number of carbonyl (C=O) groups is 1. The minimum Gasteiger partial charge on any atom is -0.464 e. The molecular weight excluding hydrogens is 298 g/mol. The summed E-state index contributed by atoms with van der Waals surface area (Å²) in [5, 5.41) is 3.49. The molecule has 2 aromatic carbocycles. The minimum absolute atomic E-state index is 0.202. The Morgan fingerprint density at radius 1 is 1.09 bits per heavy atom. The molecule has 0 aliphatic rings. The maximum Gasteiger partial charge on any atom is 0.256 e. The predicted octanol–water partition coefficient (Wildman–Crippen LogP) is 5.16. The number of aryl methyl sites for hydroxylation is 1. The molecule has 0 fully saturated rings. The first kappa shape index (κ1) is 14.4. The molecule has 22 heavy (non-hydrogen) atoms. The van der Waals surface area contributed by atoms with Crippen molar-refractivity contribution in [2.24, 2.45) is 0 Å². The van der Waals surface area contributed by atoms with Gasteiger partial charge in [0.1, 0.15) is 5.76 Å². The third kappa shape index (κ3) is 2.90. The van der Waals surface area contributed by atoms with Crippen molar-refractivity contribution >= 4 is 23.2 Å². The van der Waals surface area contributed by atoms with Crippen LogP contribution >= 0.6 is 11.6 Å². The third-order valence-electron chi connectivity index (χ3n) is 3.39. The molecule has 0 spiro atoms. The van der Waals surface area contributed by atoms with Crippen LogP contribution in [0.4, 0.5) is 5.69 Å². The molecule has 1 amide bonds. The van der Waals surface area contributed by atoms with Gasteiger partial charge >= 0.3 is 0 Å². The lowest BCUT2D eigenvalue weighted by molar-refractivity contribution is 0.102. The van der Waals surface area contributed by atoms with E-state index in [0.717, 1.165) is 11.1 Å². The maximum atomic E-state index is 12.5. The zero-order valence-corrected chi connectivity index (χ0v) is 12.7. The molecule has 1 aromatic heterocycles. The SMILES string of the molecule is Cc1ccc(NC(=O)c2ccccc2-c2ccco2)cc1Cl. The standard InChI is InChI=1S/C18H14ClNO2/c1-12-8-9-13(11-16(12)19)20-18(21)15-6-3-2-5-14(15)17-7-4-10-22-17/h2-11H,1H3,(H,20,21). The van der Waals surface area contributed by atoms with Gasteiger partial charge < -0.3 is 9.73 Å². The van der Waals surface area contributed by atoms with Crippen LogP contribution in [0.15, 0.2) is 65.3 Å². The van der Waals surface area contributed by atoms with E-state index >= 15 is 0 Å². The summed E-state index contributed by atoms with van der Waals surface area (Å²) in [5.41, 5.74) is 2.93. The molecule has 0 atom stereocenters. The van der Waals surface area contributed by atoms with Crippen molar-refractivity contribution in [1.29, 1.82) is 0 Å². The fourth-order valence-electron chi connectivity index (χ4n) is 2.20. The summed E-state index contributed by atoms with van der Waals surface area (Å²) >= 11 is 6.09. The van der Waals surface area contributed by atoms with E-state index in [-0.39, 0.29) is 5.91 Å². The van der Waals surface area contributed by atoms with Crippen molar-refractivity contribution in [2.45, 2.75) is 6.92 Å². The van der Waals surface area contributed by atoms with E-state index in [0.29, 0.717) is 22.0 Å². The van der Waals surface area contributed by atoms with Gasteiger partial charge in [-0.1, -0.05) is 35.9 Å². The zero-order chi connectivity index (χ0) is 15.5. The van der Waals surface area contributed by atoms with Crippen LogP contribution in [0.5, 0.6) is 0 Å². The largest absolute Gasteiger partial charge is 0.464 e. The number of amides is 1. The Hall–Kier alpha value is -2.52. The van der Waals surface area contributed by atoms with Crippen LogP contribution in [-0.2, 0) is 0 Å². The number of halogens is 1. The zero-order valence-electron chi connectivity index (χ0n) is 12.0. The molecule has 0 saturated carbocycles. The van der Waals surface area contributed by atoms with Gasteiger partial charge in [-0.25, -0.2) is 0 Å². The number of anilines is 1. The molecule has 3 rings (SSSR count). The summed E-state index contributed by atoms with van der Waals surface area (Å²) in [6, 6.07) is 16.4. The monoisotopic (exact) mass is 311 g/mol. The minimum atomic E-state index is -0.202. The molecule has 0 bridgehead atoms. The number of nitrogens with one attached hydrogen (secondary N) is 1. The maximum absolute atomic E-state index is 12.5. The van der Waals surface area contributed by atoms with Crippen molar-refractivity contribution < 1.29 is 9.21 Å². The van der Waals surface area contributed by atoms with Crippen LogP contribution in [-0.4, -0.2) is 5.91 Å². The first-order valence-corrected chi connectivity index (χ1v) is 7.23. The van der Waals surface area contributed by atoms with Crippen LogP contribution in [0.2, 0.25) is 5.02 Å². The molecule has 0 saturated heterocycles. The molecule has 110 valence electrons. The summed E-state index contributed by atoms with van der Waals surface area (Å²) in [5.74, 6) is 0.458. The van der Waals surface area contributed by atoms with Crippen molar-refractivity contribution in [3.05, 3.63) is 77.0 Å². The molecule has 0 aliphatic carbocycles. The van der Waals surface area contributed by atoms with Gasteiger partial charge in [-0.05, 0) is 42.8 Å². The molecule has 4 heteroatoms.